The largest absolute Gasteiger partial charge is 0.483 e. The molecular formula is C23H29N3O2. The van der Waals surface area contributed by atoms with Gasteiger partial charge in [-0.15, -0.1) is 0 Å². The minimum absolute atomic E-state index is 0.0949. The molecule has 0 N–H and O–H groups in total. The molecule has 148 valence electrons. The van der Waals surface area contributed by atoms with Crippen molar-refractivity contribution in [3.8, 4) is 5.75 Å². The maximum Gasteiger partial charge on any atom is 0.260 e. The Labute approximate surface area is 167 Å². The van der Waals surface area contributed by atoms with E-state index in [4.69, 9.17) is 4.74 Å². The van der Waals surface area contributed by atoms with Gasteiger partial charge in [-0.3, -0.25) is 14.7 Å². The molecule has 3 aliphatic rings. The van der Waals surface area contributed by atoms with Crippen LogP contribution in [0.1, 0.15) is 29.7 Å². The first-order valence-electron chi connectivity index (χ1n) is 10.2. The number of hydrogen-bond donors (Lipinski definition) is 0. The lowest BCUT2D eigenvalue weighted by atomic mass is 9.95. The highest BCUT2D eigenvalue weighted by Gasteiger charge is 2.36. The standard InChI is InChI=1S/C23H29N3O2/c1-17-6-5-8-22(18(17)2)28-16-23(27)26-13-19-9-10-21(15-26)25(12-19)14-20-7-3-4-11-24-20/h3-8,11,19,21H,9-10,12-16H2,1-2H3/t19-,21-/m0/s1. The van der Waals surface area contributed by atoms with Crippen LogP contribution in [0.25, 0.3) is 0 Å². The third-order valence-electron chi connectivity index (χ3n) is 6.18. The molecule has 0 radical (unpaired) electrons. The zero-order chi connectivity index (χ0) is 19.5. The Kier molecular flexibility index (Phi) is 5.62. The Morgan fingerprint density at radius 1 is 1.11 bits per heavy atom. The third kappa shape index (κ3) is 4.20. The molecule has 0 unspecified atom stereocenters. The molecular weight excluding hydrogens is 350 g/mol. The number of pyridine rings is 1. The van der Waals surface area contributed by atoms with Gasteiger partial charge in [0.25, 0.3) is 5.91 Å². The van der Waals surface area contributed by atoms with Crippen molar-refractivity contribution in [3.05, 3.63) is 59.4 Å². The summed E-state index contributed by atoms with van der Waals surface area (Å²) >= 11 is 0. The Balaban J connectivity index is 1.38. The average molecular weight is 380 g/mol. The van der Waals surface area contributed by atoms with Gasteiger partial charge in [-0.25, -0.2) is 0 Å². The molecule has 28 heavy (non-hydrogen) atoms. The van der Waals surface area contributed by atoms with E-state index in [-0.39, 0.29) is 12.5 Å². The molecule has 3 fully saturated rings. The van der Waals surface area contributed by atoms with Crippen LogP contribution < -0.4 is 4.74 Å². The van der Waals surface area contributed by atoms with E-state index in [1.807, 2.05) is 42.3 Å². The van der Waals surface area contributed by atoms with E-state index < -0.39 is 0 Å². The quantitative estimate of drug-likeness (QED) is 0.800. The first-order chi connectivity index (χ1) is 13.6. The van der Waals surface area contributed by atoms with Crippen LogP contribution in [0, 0.1) is 19.8 Å². The number of ether oxygens (including phenoxy) is 1. The molecule has 2 atom stereocenters. The molecule has 2 aromatic rings. The van der Waals surface area contributed by atoms with E-state index in [1.165, 1.54) is 12.0 Å². The minimum atomic E-state index is 0.0949. The smallest absolute Gasteiger partial charge is 0.260 e. The van der Waals surface area contributed by atoms with Crippen LogP contribution in [0.2, 0.25) is 0 Å². The van der Waals surface area contributed by atoms with Crippen molar-refractivity contribution in [1.29, 1.82) is 0 Å². The first kappa shape index (κ1) is 18.9. The van der Waals surface area contributed by atoms with E-state index in [1.54, 1.807) is 0 Å². The van der Waals surface area contributed by atoms with Crippen LogP contribution in [-0.4, -0.2) is 53.0 Å². The third-order valence-corrected chi connectivity index (χ3v) is 6.18. The number of aromatic nitrogens is 1. The number of aryl methyl sites for hydroxylation is 1. The van der Waals surface area contributed by atoms with Crippen molar-refractivity contribution in [2.45, 2.75) is 39.3 Å². The summed E-state index contributed by atoms with van der Waals surface area (Å²) in [6.45, 7) is 7.75. The van der Waals surface area contributed by atoms with Crippen LogP contribution >= 0.6 is 0 Å². The van der Waals surface area contributed by atoms with Crippen LogP contribution in [0.15, 0.2) is 42.6 Å². The number of carbonyl (C=O) groups excluding carboxylic acids is 1. The van der Waals surface area contributed by atoms with Gasteiger partial charge < -0.3 is 9.64 Å². The lowest BCUT2D eigenvalue weighted by Gasteiger charge is -2.35. The summed E-state index contributed by atoms with van der Waals surface area (Å²) in [6.07, 6.45) is 4.20. The lowest BCUT2D eigenvalue weighted by Crippen LogP contribution is -2.44. The number of fused-ring (bicyclic) bond motifs is 4. The summed E-state index contributed by atoms with van der Waals surface area (Å²) in [5.74, 6) is 1.44. The summed E-state index contributed by atoms with van der Waals surface area (Å²) in [6, 6.07) is 12.5. The minimum Gasteiger partial charge on any atom is -0.483 e. The van der Waals surface area contributed by atoms with E-state index in [0.717, 1.165) is 49.6 Å². The van der Waals surface area contributed by atoms with Gasteiger partial charge in [0.05, 0.1) is 5.69 Å². The summed E-state index contributed by atoms with van der Waals surface area (Å²) in [7, 11) is 0. The van der Waals surface area contributed by atoms with E-state index >= 15 is 0 Å². The van der Waals surface area contributed by atoms with Crippen LogP contribution in [-0.2, 0) is 11.3 Å². The lowest BCUT2D eigenvalue weighted by molar-refractivity contribution is -0.133. The SMILES string of the molecule is Cc1cccc(OCC(=O)N2C[C@H]3CC[C@@H](C2)N(Cc2ccccn2)C3)c1C. The van der Waals surface area contributed by atoms with Crippen molar-refractivity contribution < 1.29 is 9.53 Å². The van der Waals surface area contributed by atoms with E-state index in [9.17, 15) is 4.79 Å². The monoisotopic (exact) mass is 379 g/mol. The zero-order valence-corrected chi connectivity index (χ0v) is 16.8. The van der Waals surface area contributed by atoms with Crippen LogP contribution in [0.3, 0.4) is 0 Å². The van der Waals surface area contributed by atoms with E-state index in [2.05, 4.69) is 28.9 Å². The number of carbonyl (C=O) groups is 1. The average Bonchev–Trinajstić information content (AvgIpc) is 3.02. The van der Waals surface area contributed by atoms with Crippen molar-refractivity contribution in [2.75, 3.05) is 26.2 Å². The van der Waals surface area contributed by atoms with Gasteiger partial charge in [0.15, 0.2) is 6.61 Å². The highest BCUT2D eigenvalue weighted by atomic mass is 16.5. The molecule has 3 aliphatic heterocycles. The van der Waals surface area contributed by atoms with Gasteiger partial charge in [-0.05, 0) is 61.9 Å². The van der Waals surface area contributed by atoms with Crippen molar-refractivity contribution in [3.63, 3.8) is 0 Å². The number of nitrogens with zero attached hydrogens (tertiary/aromatic N) is 3. The molecule has 0 saturated carbocycles. The normalized spacial score (nSPS) is 22.1. The molecule has 4 heterocycles. The maximum atomic E-state index is 12.9. The topological polar surface area (TPSA) is 45.7 Å². The summed E-state index contributed by atoms with van der Waals surface area (Å²) in [4.78, 5) is 21.9. The zero-order valence-electron chi connectivity index (χ0n) is 16.8. The summed E-state index contributed by atoms with van der Waals surface area (Å²) in [5, 5.41) is 0. The van der Waals surface area contributed by atoms with Gasteiger partial charge in [-0.1, -0.05) is 18.2 Å². The molecule has 5 heteroatoms. The Morgan fingerprint density at radius 2 is 2.00 bits per heavy atom. The van der Waals surface area contributed by atoms with Gasteiger partial charge >= 0.3 is 0 Å². The highest BCUT2D eigenvalue weighted by Crippen LogP contribution is 2.29. The summed E-state index contributed by atoms with van der Waals surface area (Å²) in [5.41, 5.74) is 3.39. The molecule has 1 amide bonds. The number of benzene rings is 1. The molecule has 2 bridgehead atoms. The molecule has 5 rings (SSSR count). The van der Waals surface area contributed by atoms with Gasteiger partial charge in [0.1, 0.15) is 5.75 Å². The van der Waals surface area contributed by atoms with Crippen molar-refractivity contribution >= 4 is 5.91 Å². The highest BCUT2D eigenvalue weighted by molar-refractivity contribution is 5.78. The predicted molar refractivity (Wildman–Crippen MR) is 109 cm³/mol. The Morgan fingerprint density at radius 3 is 2.82 bits per heavy atom. The van der Waals surface area contributed by atoms with Gasteiger partial charge in [0.2, 0.25) is 0 Å². The van der Waals surface area contributed by atoms with Crippen molar-refractivity contribution in [1.82, 2.24) is 14.8 Å². The second-order valence-electron chi connectivity index (χ2n) is 8.13. The Hall–Kier alpha value is -2.40. The van der Waals surface area contributed by atoms with E-state index in [0.29, 0.717) is 12.0 Å². The number of hydrogen-bond acceptors (Lipinski definition) is 4. The first-order valence-corrected chi connectivity index (χ1v) is 10.2. The number of piperidine rings is 1. The molecule has 0 spiro atoms. The van der Waals surface area contributed by atoms with Crippen LogP contribution in [0.5, 0.6) is 5.75 Å². The molecule has 5 nitrogen and oxygen atoms in total. The Bertz CT molecular complexity index is 824. The van der Waals surface area contributed by atoms with Gasteiger partial charge in [0, 0.05) is 38.4 Å². The summed E-state index contributed by atoms with van der Waals surface area (Å²) < 4.78 is 5.87. The predicted octanol–water partition coefficient (Wildman–Crippen LogP) is 3.20. The second-order valence-corrected chi connectivity index (χ2v) is 8.13. The fourth-order valence-corrected chi connectivity index (χ4v) is 4.39. The van der Waals surface area contributed by atoms with Gasteiger partial charge in [-0.2, -0.15) is 0 Å². The fraction of sp³-hybridized carbons (Fsp3) is 0.478. The molecule has 1 aromatic heterocycles. The molecule has 1 aromatic carbocycles. The number of rotatable bonds is 5. The molecule has 3 saturated heterocycles. The fourth-order valence-electron chi connectivity index (χ4n) is 4.39. The second kappa shape index (κ2) is 8.31. The molecule has 0 aliphatic carbocycles. The van der Waals surface area contributed by atoms with Crippen LogP contribution in [0.4, 0.5) is 0 Å². The van der Waals surface area contributed by atoms with Crippen molar-refractivity contribution in [2.24, 2.45) is 5.92 Å². The number of amides is 1. The maximum absolute atomic E-state index is 12.9.